The second-order valence-corrected chi connectivity index (χ2v) is 21.1. The Kier molecular flexibility index (Phi) is 45.7. The topological polar surface area (TPSA) is 521 Å². The molecule has 4 amide bonds. The lowest BCUT2D eigenvalue weighted by atomic mass is 10.0. The Labute approximate surface area is 528 Å². The van der Waals surface area contributed by atoms with Gasteiger partial charge in [0, 0.05) is 0 Å². The molecular formula is C55H86N8O29. The maximum absolute atomic E-state index is 11.8. The first-order chi connectivity index (χ1) is 43.2. The van der Waals surface area contributed by atoms with E-state index in [-0.39, 0.29) is 88.0 Å². The molecule has 0 aromatic heterocycles. The van der Waals surface area contributed by atoms with Gasteiger partial charge in [-0.2, -0.15) is 0 Å². The van der Waals surface area contributed by atoms with Gasteiger partial charge >= 0.3 is 48.3 Å². The average molecular weight is 1320 g/mol. The van der Waals surface area contributed by atoms with Gasteiger partial charge in [-0.15, -0.1) is 40.5 Å². The van der Waals surface area contributed by atoms with Gasteiger partial charge in [0.1, 0.15) is 55.5 Å². The molecule has 4 unspecified atom stereocenters. The van der Waals surface area contributed by atoms with E-state index < -0.39 is 92.8 Å². The Morgan fingerprint density at radius 2 is 0.663 bits per heavy atom. The summed E-state index contributed by atoms with van der Waals surface area (Å²) in [6, 6.07) is 8.89. The van der Waals surface area contributed by atoms with Crippen LogP contribution in [-0.4, -0.2) is 166 Å². The van der Waals surface area contributed by atoms with Gasteiger partial charge in [-0.3, -0.25) is 0 Å². The molecule has 520 valence electrons. The maximum atomic E-state index is 11.8. The molecule has 0 bridgehead atoms. The van der Waals surface area contributed by atoms with Crippen LogP contribution in [0.2, 0.25) is 0 Å². The number of carbonyl (C=O) groups is 8. The standard InChI is InChI=1S/C16H22N2O7.C15H20N2O7.C13H24N2O7.C11H20N2O8/c1-11(2)10-14(15(19)20)17-16(21)25-13-7-5-12(6-8-13)4-3-9-24-18(22)23;1-10(2)9-13(14(18)19)16-15(20)24-12-5-3-11(4-6-12)7-8-23-17(21)22;1-10(2)9-11(12(16)17)14-13(18)21-7-5-3-4-6-8-22-15(19)20;1-8(2)7-9(10(14)15)12-11(16)20-5-3-19-4-6-21-13(17)18/h5-8,11,14H,3-4,9-10H2,1-2H3,(H,17,21)(H,19,20);3-6,10,13H,7-9H2,1-2H3,(H,16,20)(H,18,19);10-11H,3-9H2,1-2H3,(H,14,18)(H,16,17);8-9H,3-7H2,1-2H3,(H,12,16)(H,14,15). The predicted molar refractivity (Wildman–Crippen MR) is 317 cm³/mol. The number of ether oxygens (including phenoxy) is 5. The molecular weight excluding hydrogens is 1240 g/mol. The highest BCUT2D eigenvalue weighted by Gasteiger charge is 2.25. The number of aryl methyl sites for hydroxylation is 1. The number of amides is 4. The second kappa shape index (κ2) is 50.0. The smallest absolute Gasteiger partial charge is 0.413 e. The van der Waals surface area contributed by atoms with E-state index in [9.17, 15) is 78.8 Å². The lowest BCUT2D eigenvalue weighted by Gasteiger charge is -2.16. The Hall–Kier alpha value is -9.84. The number of carboxylic acid groups (broad SMARTS) is 4. The number of benzene rings is 2. The minimum absolute atomic E-state index is 0.0140. The van der Waals surface area contributed by atoms with Gasteiger partial charge in [-0.25, -0.2) is 38.4 Å². The fourth-order valence-corrected chi connectivity index (χ4v) is 7.13. The van der Waals surface area contributed by atoms with Crippen molar-refractivity contribution in [2.75, 3.05) is 52.9 Å². The molecule has 0 heterocycles. The molecule has 0 fully saturated rings. The molecule has 2 aromatic rings. The van der Waals surface area contributed by atoms with Gasteiger partial charge in [0.05, 0.1) is 33.0 Å². The zero-order valence-corrected chi connectivity index (χ0v) is 52.5. The summed E-state index contributed by atoms with van der Waals surface area (Å²) in [5.74, 6) is -3.48. The molecule has 0 aliphatic carbocycles. The molecule has 0 saturated carbocycles. The van der Waals surface area contributed by atoms with Crippen molar-refractivity contribution < 1.29 is 122 Å². The number of hydrogen-bond acceptors (Lipinski definition) is 25. The number of nitrogens with zero attached hydrogens (tertiary/aromatic N) is 4. The van der Waals surface area contributed by atoms with Crippen molar-refractivity contribution in [2.45, 2.75) is 150 Å². The van der Waals surface area contributed by atoms with Crippen LogP contribution in [-0.2, 0) is 65.6 Å². The zero-order valence-electron chi connectivity index (χ0n) is 52.5. The van der Waals surface area contributed by atoms with E-state index in [1.54, 1.807) is 36.4 Å². The SMILES string of the molecule is CC(C)CC(NC(=O)OCCCCCCO[N+](=O)[O-])C(=O)O.CC(C)CC(NC(=O)OCCOCCO[N+](=O)[O-])C(=O)O.CC(C)CC(NC(=O)Oc1ccc(CCCO[N+](=O)[O-])cc1)C(=O)O.CC(C)CC(NC(=O)Oc1ccc(CCO[N+](=O)[O-])cc1)C(=O)O. The number of unbranched alkanes of at least 4 members (excludes halogenated alkanes) is 3. The third-order valence-corrected chi connectivity index (χ3v) is 11.2. The lowest BCUT2D eigenvalue weighted by Crippen LogP contribution is -2.43. The third-order valence-electron chi connectivity index (χ3n) is 11.2. The van der Waals surface area contributed by atoms with Crippen LogP contribution in [0.25, 0.3) is 0 Å². The Balaban J connectivity index is 0. The maximum Gasteiger partial charge on any atom is 0.413 e. The lowest BCUT2D eigenvalue weighted by molar-refractivity contribution is -0.758. The van der Waals surface area contributed by atoms with E-state index in [0.29, 0.717) is 57.8 Å². The first-order valence-corrected chi connectivity index (χ1v) is 28.8. The van der Waals surface area contributed by atoms with Crippen LogP contribution in [0.5, 0.6) is 11.5 Å². The van der Waals surface area contributed by atoms with E-state index in [4.69, 9.17) is 44.1 Å². The molecule has 0 aliphatic heterocycles. The summed E-state index contributed by atoms with van der Waals surface area (Å²) in [7, 11) is 0. The van der Waals surface area contributed by atoms with Gasteiger partial charge in [0.25, 0.3) is 20.3 Å². The molecule has 92 heavy (non-hydrogen) atoms. The summed E-state index contributed by atoms with van der Waals surface area (Å²) in [5.41, 5.74) is 1.68. The molecule has 8 N–H and O–H groups in total. The average Bonchev–Trinajstić information content (AvgIpc) is 1.70. The van der Waals surface area contributed by atoms with Gasteiger partial charge in [0.2, 0.25) is 0 Å². The second-order valence-electron chi connectivity index (χ2n) is 21.1. The van der Waals surface area contributed by atoms with Crippen LogP contribution < -0.4 is 30.7 Å². The number of alkyl carbamates (subject to hydrolysis) is 2. The first kappa shape index (κ1) is 84.2. The zero-order chi connectivity index (χ0) is 70.1. The van der Waals surface area contributed by atoms with E-state index in [1.807, 2.05) is 55.4 Å². The number of hydrogen-bond donors (Lipinski definition) is 8. The Morgan fingerprint density at radius 1 is 0.370 bits per heavy atom. The van der Waals surface area contributed by atoms with Gasteiger partial charge < -0.3 is 84.7 Å². The molecule has 37 nitrogen and oxygen atoms in total. The van der Waals surface area contributed by atoms with E-state index >= 15 is 0 Å². The molecule has 0 radical (unpaired) electrons. The molecule has 2 rings (SSSR count). The highest BCUT2D eigenvalue weighted by atomic mass is 17.0. The Morgan fingerprint density at radius 3 is 1.01 bits per heavy atom. The van der Waals surface area contributed by atoms with Crippen LogP contribution in [0.4, 0.5) is 19.2 Å². The van der Waals surface area contributed by atoms with Crippen LogP contribution in [0, 0.1) is 64.1 Å². The fourth-order valence-electron chi connectivity index (χ4n) is 7.13. The van der Waals surface area contributed by atoms with Crippen molar-refractivity contribution in [1.82, 2.24) is 21.3 Å². The van der Waals surface area contributed by atoms with Crippen molar-refractivity contribution in [2.24, 2.45) is 23.7 Å². The van der Waals surface area contributed by atoms with Crippen molar-refractivity contribution in [1.29, 1.82) is 0 Å². The summed E-state index contributed by atoms with van der Waals surface area (Å²) < 4.78 is 24.6. The minimum atomic E-state index is -1.13. The molecule has 0 spiro atoms. The molecule has 4 atom stereocenters. The van der Waals surface area contributed by atoms with Crippen LogP contribution in [0.3, 0.4) is 0 Å². The van der Waals surface area contributed by atoms with E-state index in [2.05, 4.69) is 40.6 Å². The van der Waals surface area contributed by atoms with Crippen molar-refractivity contribution in [3.63, 3.8) is 0 Å². The van der Waals surface area contributed by atoms with Crippen molar-refractivity contribution >= 4 is 48.3 Å². The minimum Gasteiger partial charge on any atom is -0.480 e. The molecule has 0 saturated heterocycles. The largest absolute Gasteiger partial charge is 0.480 e. The van der Waals surface area contributed by atoms with Gasteiger partial charge in [-0.05, 0) is 123 Å². The number of carboxylic acids is 4. The summed E-state index contributed by atoms with van der Waals surface area (Å²) in [6.07, 6.45) is 1.96. The quantitative estimate of drug-likeness (QED) is 0.0191. The number of carbonyl (C=O) groups excluding carboxylic acids is 4. The van der Waals surface area contributed by atoms with Gasteiger partial charge in [0.15, 0.2) is 0 Å². The summed E-state index contributed by atoms with van der Waals surface area (Å²) in [5, 5.41) is 81.5. The summed E-state index contributed by atoms with van der Waals surface area (Å²) >= 11 is 0. The number of rotatable bonds is 42. The monoisotopic (exact) mass is 1320 g/mol. The molecule has 0 aliphatic rings. The molecule has 37 heteroatoms. The van der Waals surface area contributed by atoms with E-state index in [0.717, 1.165) is 24.0 Å². The predicted octanol–water partition coefficient (Wildman–Crippen LogP) is 6.86. The van der Waals surface area contributed by atoms with Crippen LogP contribution in [0.1, 0.15) is 124 Å². The highest BCUT2D eigenvalue weighted by molar-refractivity contribution is 5.82. The Bertz CT molecular complexity index is 2540. The van der Waals surface area contributed by atoms with Crippen LogP contribution >= 0.6 is 0 Å². The normalized spacial score (nSPS) is 11.7. The third kappa shape index (κ3) is 50.1. The fraction of sp³-hybridized carbons (Fsp3) is 0.636. The van der Waals surface area contributed by atoms with Crippen molar-refractivity contribution in [3.05, 3.63) is 100 Å². The summed E-state index contributed by atoms with van der Waals surface area (Å²) in [6.45, 7) is 14.7. The van der Waals surface area contributed by atoms with Crippen LogP contribution in [0.15, 0.2) is 48.5 Å². The highest BCUT2D eigenvalue weighted by Crippen LogP contribution is 2.16. The van der Waals surface area contributed by atoms with Crippen molar-refractivity contribution in [3.8, 4) is 11.5 Å². The summed E-state index contributed by atoms with van der Waals surface area (Å²) in [4.78, 5) is 147. The first-order valence-electron chi connectivity index (χ1n) is 28.8. The number of aliphatic carboxylic acids is 4. The molecule has 2 aromatic carbocycles. The number of nitrogens with one attached hydrogen (secondary N) is 4. The van der Waals surface area contributed by atoms with E-state index in [1.165, 1.54) is 12.1 Å². The van der Waals surface area contributed by atoms with Gasteiger partial charge in [-0.1, -0.05) is 86.1 Å².